The number of rotatable bonds is 17. The number of fused-ring (bicyclic) bond motifs is 1. The Morgan fingerprint density at radius 2 is 1.32 bits per heavy atom. The van der Waals surface area contributed by atoms with Crippen LogP contribution in [0.15, 0.2) is 30.3 Å². The maximum absolute atomic E-state index is 13.1. The Hall–Kier alpha value is -2.09. The second-order valence-corrected chi connectivity index (χ2v) is 11.7. The van der Waals surface area contributed by atoms with E-state index in [1.807, 2.05) is 0 Å². The predicted octanol–water partition coefficient (Wildman–Crippen LogP) is 10.6. The van der Waals surface area contributed by atoms with Crippen molar-refractivity contribution in [1.82, 2.24) is 0 Å². The highest BCUT2D eigenvalue weighted by molar-refractivity contribution is 5.90. The Bertz CT molecular complexity index is 989. The number of esters is 1. The van der Waals surface area contributed by atoms with E-state index < -0.39 is 0 Å². The number of benzene rings is 2. The summed E-state index contributed by atoms with van der Waals surface area (Å²) in [6, 6.07) is 10.7. The summed E-state index contributed by atoms with van der Waals surface area (Å²) in [6.45, 7) is 11.0. The van der Waals surface area contributed by atoms with E-state index in [2.05, 4.69) is 65.0 Å². The van der Waals surface area contributed by atoms with Crippen molar-refractivity contribution in [3.8, 4) is 5.75 Å². The van der Waals surface area contributed by atoms with E-state index in [-0.39, 0.29) is 11.9 Å². The summed E-state index contributed by atoms with van der Waals surface area (Å²) in [5.74, 6) is 0.802. The molecule has 0 aromatic heterocycles. The summed E-state index contributed by atoms with van der Waals surface area (Å²) in [7, 11) is 0. The summed E-state index contributed by atoms with van der Waals surface area (Å²) in [5, 5.41) is 0. The van der Waals surface area contributed by atoms with Crippen LogP contribution in [0, 0.1) is 20.8 Å². The van der Waals surface area contributed by atoms with Crippen molar-refractivity contribution in [3.05, 3.63) is 63.7 Å². The molecule has 1 heterocycles. The van der Waals surface area contributed by atoms with Gasteiger partial charge in [-0.15, -0.1) is 0 Å². The maximum Gasteiger partial charge on any atom is 0.323 e. The van der Waals surface area contributed by atoms with Gasteiger partial charge in [0.2, 0.25) is 0 Å². The summed E-state index contributed by atoms with van der Waals surface area (Å²) < 4.78 is 5.96. The Kier molecular flexibility index (Phi) is 12.2. The van der Waals surface area contributed by atoms with E-state index in [0.29, 0.717) is 5.92 Å². The smallest absolute Gasteiger partial charge is 0.323 e. The predicted molar refractivity (Wildman–Crippen MR) is 158 cm³/mol. The molecule has 2 heteroatoms. The fraction of sp³-hybridized carbons (Fsp3) is 0.629. The minimum atomic E-state index is -0.304. The van der Waals surface area contributed by atoms with Crippen molar-refractivity contribution in [3.63, 3.8) is 0 Å². The fourth-order valence-electron chi connectivity index (χ4n) is 6.00. The lowest BCUT2D eigenvalue weighted by Gasteiger charge is -2.17. The molecule has 0 amide bonds. The lowest BCUT2D eigenvalue weighted by Crippen LogP contribution is -2.13. The molecule has 0 saturated heterocycles. The number of carbonyl (C=O) groups excluding carboxylic acids is 1. The van der Waals surface area contributed by atoms with Gasteiger partial charge in [0.15, 0.2) is 0 Å². The molecule has 1 aliphatic rings. The number of unbranched alkanes of at least 4 members (excludes halogenated alkanes) is 13. The van der Waals surface area contributed by atoms with Crippen molar-refractivity contribution in [2.75, 3.05) is 0 Å². The Morgan fingerprint density at radius 1 is 0.757 bits per heavy atom. The second-order valence-electron chi connectivity index (χ2n) is 11.7. The van der Waals surface area contributed by atoms with Gasteiger partial charge in [-0.05, 0) is 55.4 Å². The number of hydrogen-bond acceptors (Lipinski definition) is 2. The zero-order valence-corrected chi connectivity index (χ0v) is 24.5. The Labute approximate surface area is 227 Å². The minimum absolute atomic E-state index is 0.126. The van der Waals surface area contributed by atoms with Crippen molar-refractivity contribution in [1.29, 1.82) is 0 Å². The SMILES string of the molecule is CCCCCCCCCCCCCCCCC(C)c1cc(C)cc2c1OC(=O)C2c1cccc(C)c1C. The quantitative estimate of drug-likeness (QED) is 0.122. The lowest BCUT2D eigenvalue weighted by molar-refractivity contribution is -0.133. The maximum atomic E-state index is 13.1. The van der Waals surface area contributed by atoms with Crippen LogP contribution in [0.3, 0.4) is 0 Å². The van der Waals surface area contributed by atoms with Crippen LogP contribution in [0.5, 0.6) is 5.75 Å². The van der Waals surface area contributed by atoms with Gasteiger partial charge in [0.1, 0.15) is 11.7 Å². The molecule has 37 heavy (non-hydrogen) atoms. The van der Waals surface area contributed by atoms with Crippen LogP contribution >= 0.6 is 0 Å². The minimum Gasteiger partial charge on any atom is -0.425 e. The largest absolute Gasteiger partial charge is 0.425 e. The summed E-state index contributed by atoms with van der Waals surface area (Å²) in [4.78, 5) is 13.1. The first kappa shape index (κ1) is 29.5. The van der Waals surface area contributed by atoms with Gasteiger partial charge in [0.05, 0.1) is 0 Å². The zero-order chi connectivity index (χ0) is 26.6. The molecule has 2 nitrogen and oxygen atoms in total. The van der Waals surface area contributed by atoms with Crippen LogP contribution in [-0.4, -0.2) is 5.97 Å². The monoisotopic (exact) mass is 504 g/mol. The molecule has 0 aliphatic carbocycles. The average Bonchev–Trinajstić information content (AvgIpc) is 3.20. The van der Waals surface area contributed by atoms with Gasteiger partial charge >= 0.3 is 5.97 Å². The Morgan fingerprint density at radius 3 is 1.92 bits per heavy atom. The van der Waals surface area contributed by atoms with Gasteiger partial charge in [0, 0.05) is 5.56 Å². The first-order chi connectivity index (χ1) is 17.9. The number of carbonyl (C=O) groups is 1. The van der Waals surface area contributed by atoms with E-state index >= 15 is 0 Å². The molecule has 2 aromatic carbocycles. The highest BCUT2D eigenvalue weighted by Crippen LogP contribution is 2.46. The molecular weight excluding hydrogens is 452 g/mol. The summed E-state index contributed by atoms with van der Waals surface area (Å²) >= 11 is 0. The molecule has 204 valence electrons. The molecule has 2 unspecified atom stereocenters. The van der Waals surface area contributed by atoms with Crippen LogP contribution in [0.2, 0.25) is 0 Å². The molecule has 0 saturated carbocycles. The molecule has 0 N–H and O–H groups in total. The first-order valence-corrected chi connectivity index (χ1v) is 15.4. The summed E-state index contributed by atoms with van der Waals surface area (Å²) in [6.07, 6.45) is 20.6. The van der Waals surface area contributed by atoms with E-state index in [0.717, 1.165) is 23.3 Å². The lowest BCUT2D eigenvalue weighted by atomic mass is 9.84. The first-order valence-electron chi connectivity index (χ1n) is 15.4. The number of ether oxygens (including phenoxy) is 1. The second kappa shape index (κ2) is 15.4. The third-order valence-corrected chi connectivity index (χ3v) is 8.52. The molecule has 3 rings (SSSR count). The van der Waals surface area contributed by atoms with Crippen LogP contribution < -0.4 is 4.74 Å². The van der Waals surface area contributed by atoms with Crippen LogP contribution in [0.25, 0.3) is 0 Å². The highest BCUT2D eigenvalue weighted by Gasteiger charge is 2.37. The van der Waals surface area contributed by atoms with Crippen LogP contribution in [-0.2, 0) is 4.79 Å². The molecule has 1 aliphatic heterocycles. The van der Waals surface area contributed by atoms with Gasteiger partial charge in [-0.1, -0.05) is 140 Å². The number of aryl methyl sites for hydroxylation is 2. The van der Waals surface area contributed by atoms with Gasteiger partial charge in [-0.25, -0.2) is 0 Å². The normalized spacial score (nSPS) is 15.6. The van der Waals surface area contributed by atoms with E-state index in [4.69, 9.17) is 4.74 Å². The third kappa shape index (κ3) is 8.45. The number of hydrogen-bond donors (Lipinski definition) is 0. The highest BCUT2D eigenvalue weighted by atomic mass is 16.5. The molecule has 0 bridgehead atoms. The average molecular weight is 505 g/mol. The van der Waals surface area contributed by atoms with E-state index in [1.54, 1.807) is 0 Å². The molecular formula is C35H52O2. The third-order valence-electron chi connectivity index (χ3n) is 8.52. The van der Waals surface area contributed by atoms with E-state index in [1.165, 1.54) is 112 Å². The van der Waals surface area contributed by atoms with Gasteiger partial charge in [-0.3, -0.25) is 4.79 Å². The van der Waals surface area contributed by atoms with Gasteiger partial charge < -0.3 is 4.74 Å². The standard InChI is InChI=1S/C35H52O2/c1-6-7-8-9-10-11-12-13-14-15-16-17-18-19-21-28(4)31-24-26(2)25-32-33(35(36)37-34(31)32)30-23-20-22-27(3)29(30)5/h20,22-25,28,33H,6-19,21H2,1-5H3. The molecule has 2 atom stereocenters. The summed E-state index contributed by atoms with van der Waals surface area (Å²) in [5.41, 5.74) is 6.98. The Balaban J connectivity index is 1.42. The van der Waals surface area contributed by atoms with Gasteiger partial charge in [0.25, 0.3) is 0 Å². The molecule has 0 fully saturated rings. The molecule has 0 radical (unpaired) electrons. The molecule has 2 aromatic rings. The van der Waals surface area contributed by atoms with E-state index in [9.17, 15) is 4.79 Å². The van der Waals surface area contributed by atoms with Crippen molar-refractivity contribution in [2.24, 2.45) is 0 Å². The van der Waals surface area contributed by atoms with Crippen molar-refractivity contribution < 1.29 is 9.53 Å². The van der Waals surface area contributed by atoms with Gasteiger partial charge in [-0.2, -0.15) is 0 Å². The van der Waals surface area contributed by atoms with Crippen LogP contribution in [0.1, 0.15) is 155 Å². The topological polar surface area (TPSA) is 26.3 Å². The van der Waals surface area contributed by atoms with Crippen molar-refractivity contribution in [2.45, 2.75) is 143 Å². The van der Waals surface area contributed by atoms with Crippen LogP contribution in [0.4, 0.5) is 0 Å². The zero-order valence-electron chi connectivity index (χ0n) is 24.5. The molecule has 0 spiro atoms. The van der Waals surface area contributed by atoms with Crippen molar-refractivity contribution >= 4 is 5.97 Å². The fourth-order valence-corrected chi connectivity index (χ4v) is 6.00.